The van der Waals surface area contributed by atoms with Gasteiger partial charge in [-0.2, -0.15) is 0 Å². The molecule has 8 aliphatic rings. The van der Waals surface area contributed by atoms with Crippen LogP contribution in [0.5, 0.6) is 0 Å². The number of carboxylic acids is 1. The van der Waals surface area contributed by atoms with E-state index in [4.69, 9.17) is 28.4 Å². The minimum absolute atomic E-state index is 0.00824. The van der Waals surface area contributed by atoms with Gasteiger partial charge in [-0.1, -0.05) is 91.3 Å². The summed E-state index contributed by atoms with van der Waals surface area (Å²) in [5.74, 6) is 0.494. The van der Waals surface area contributed by atoms with E-state index in [0.29, 0.717) is 54.8 Å². The number of hydrogen-bond donors (Lipinski definition) is 8. The van der Waals surface area contributed by atoms with Crippen LogP contribution in [0.3, 0.4) is 0 Å². The number of carbonyl (C=O) groups is 4. The lowest BCUT2D eigenvalue weighted by molar-refractivity contribution is -0.349. The first-order valence-corrected chi connectivity index (χ1v) is 31.7. The Labute approximate surface area is 485 Å². The lowest BCUT2D eigenvalue weighted by Gasteiger charge is -2.62. The van der Waals surface area contributed by atoms with Crippen LogP contribution >= 0.6 is 0 Å². The van der Waals surface area contributed by atoms with Crippen molar-refractivity contribution in [3.63, 3.8) is 0 Å². The van der Waals surface area contributed by atoms with E-state index in [2.05, 4.69) is 33.0 Å². The molecule has 0 spiro atoms. The summed E-state index contributed by atoms with van der Waals surface area (Å²) in [4.78, 5) is 54.7. The summed E-state index contributed by atoms with van der Waals surface area (Å²) >= 11 is 0. The summed E-state index contributed by atoms with van der Waals surface area (Å²) in [6.45, 7) is 12.4. The second-order valence-electron chi connectivity index (χ2n) is 27.5. The van der Waals surface area contributed by atoms with E-state index < -0.39 is 110 Å². The predicted molar refractivity (Wildman–Crippen MR) is 300 cm³/mol. The number of carboxylic acid groups (broad SMARTS) is 1. The maximum atomic E-state index is 14.3. The molecule has 82 heavy (non-hydrogen) atoms. The van der Waals surface area contributed by atoms with Gasteiger partial charge in [0.15, 0.2) is 24.8 Å². The van der Waals surface area contributed by atoms with E-state index in [1.54, 1.807) is 18.2 Å². The Morgan fingerprint density at radius 2 is 1.50 bits per heavy atom. The zero-order valence-electron chi connectivity index (χ0n) is 49.5. The van der Waals surface area contributed by atoms with Gasteiger partial charge in [0.05, 0.1) is 36.6 Å². The van der Waals surface area contributed by atoms with Crippen molar-refractivity contribution in [3.05, 3.63) is 35.9 Å². The molecule has 8 N–H and O–H groups in total. The molecule has 0 bridgehead atoms. The van der Waals surface area contributed by atoms with Crippen LogP contribution in [0.4, 0.5) is 0 Å². The van der Waals surface area contributed by atoms with Crippen LogP contribution < -0.4 is 5.32 Å². The van der Waals surface area contributed by atoms with E-state index in [1.165, 1.54) is 51.2 Å². The Balaban J connectivity index is 0.854. The molecule has 9 rings (SSSR count). The molecule has 2 heterocycles. The highest BCUT2D eigenvalue weighted by molar-refractivity contribution is 5.89. The second-order valence-corrected chi connectivity index (χ2v) is 27.5. The van der Waals surface area contributed by atoms with Crippen molar-refractivity contribution in [3.8, 4) is 0 Å². The number of amides is 1. The van der Waals surface area contributed by atoms with Gasteiger partial charge in [-0.25, -0.2) is 9.59 Å². The molecule has 8 fully saturated rings. The molecule has 462 valence electrons. The number of aliphatic carboxylic acids is 1. The Morgan fingerprint density at radius 1 is 0.756 bits per heavy atom. The van der Waals surface area contributed by atoms with Gasteiger partial charge in [-0.3, -0.25) is 9.59 Å². The molecule has 25 atom stereocenters. The minimum Gasteiger partial charge on any atom is -0.479 e. The summed E-state index contributed by atoms with van der Waals surface area (Å²) in [6, 6.07) is 8.02. The fraction of sp³-hybridized carbons (Fsp3) is 0.844. The summed E-state index contributed by atoms with van der Waals surface area (Å²) in [5, 5.41) is 80.5. The van der Waals surface area contributed by atoms with Gasteiger partial charge >= 0.3 is 11.9 Å². The maximum absolute atomic E-state index is 14.3. The Bertz CT molecular complexity index is 2290. The van der Waals surface area contributed by atoms with Crippen LogP contribution in [0.15, 0.2) is 30.3 Å². The van der Waals surface area contributed by atoms with Gasteiger partial charge < -0.3 is 69.5 Å². The number of ketones is 1. The molecule has 2 saturated heterocycles. The first-order chi connectivity index (χ1) is 39.1. The van der Waals surface area contributed by atoms with Crippen molar-refractivity contribution in [1.29, 1.82) is 0 Å². The number of hydrogen-bond acceptors (Lipinski definition) is 16. The molecule has 0 aromatic heterocycles. The van der Waals surface area contributed by atoms with Crippen molar-refractivity contribution in [2.75, 3.05) is 13.2 Å². The first kappa shape index (κ1) is 63.4. The number of rotatable bonds is 21. The second kappa shape index (κ2) is 27.3. The predicted octanol–water partition coefficient (Wildman–Crippen LogP) is 6.89. The van der Waals surface area contributed by atoms with Crippen molar-refractivity contribution >= 4 is 23.6 Å². The van der Waals surface area contributed by atoms with Crippen molar-refractivity contribution in [2.24, 2.45) is 70.0 Å². The monoisotopic (exact) mass is 1150 g/mol. The number of benzene rings is 1. The molecule has 5 unspecified atom stereocenters. The third kappa shape index (κ3) is 13.5. The number of Topliss-reactive ketones (excluding diaryl/α,β-unsaturated/α-hetero) is 1. The SMILES string of the molecule is C[C@@H]1CC[C@@]2(C)[C@H](CC[C@@H]3[C@@H]2C[C@H](O)[C@]2(C)[C@@H]([C@H](C)CCC(=O)NCCCC(=O)C4C[C@@H](C)[C@@H](OC5O[C@@H](C)[C@H](O)C(O)[C@@H]5O)[C@H](O[C@@H]5O[C@@H](CO)[C@H](O)C(O[C@@H](CC6CCCCC6)C(=O)O)C5OC(=O)c5ccccc5)C4)CC[C@@H]32)C1. The number of aliphatic hydroxyl groups excluding tert-OH is 6. The fourth-order valence-corrected chi connectivity index (χ4v) is 17.6. The molecule has 18 nitrogen and oxygen atoms in total. The number of esters is 1. The number of ether oxygens (including phenoxy) is 6. The van der Waals surface area contributed by atoms with Crippen LogP contribution in [0.2, 0.25) is 0 Å². The van der Waals surface area contributed by atoms with Crippen molar-refractivity contribution in [1.82, 2.24) is 5.32 Å². The Hall–Kier alpha value is -3.14. The quantitative estimate of drug-likeness (QED) is 0.0460. The van der Waals surface area contributed by atoms with Crippen LogP contribution in [0.25, 0.3) is 0 Å². The topological polar surface area (TPSA) is 277 Å². The number of nitrogens with one attached hydrogen (secondary N) is 1. The molecule has 1 aromatic carbocycles. The molecule has 2 aliphatic heterocycles. The summed E-state index contributed by atoms with van der Waals surface area (Å²) in [5.41, 5.74) is 0.291. The first-order valence-electron chi connectivity index (χ1n) is 31.7. The van der Waals surface area contributed by atoms with Gasteiger partial charge in [-0.05, 0) is 160 Å². The molecule has 1 amide bonds. The van der Waals surface area contributed by atoms with Crippen LogP contribution in [0.1, 0.15) is 180 Å². The molecular weight excluding hydrogens is 1050 g/mol. The van der Waals surface area contributed by atoms with E-state index in [0.717, 1.165) is 63.2 Å². The fourth-order valence-electron chi connectivity index (χ4n) is 17.6. The van der Waals surface area contributed by atoms with Gasteiger partial charge in [0.25, 0.3) is 0 Å². The highest BCUT2D eigenvalue weighted by atomic mass is 16.7. The largest absolute Gasteiger partial charge is 0.479 e. The number of carbonyl (C=O) groups excluding carboxylic acids is 3. The zero-order chi connectivity index (χ0) is 58.8. The molecule has 6 saturated carbocycles. The molecular formula is C64H99NO17. The third-order valence-corrected chi connectivity index (χ3v) is 22.4. The molecule has 1 aromatic rings. The average Bonchev–Trinajstić information content (AvgIpc) is 1.78. The molecule has 6 aliphatic carbocycles. The lowest BCUT2D eigenvalue weighted by atomic mass is 9.43. The van der Waals surface area contributed by atoms with Crippen LogP contribution in [0, 0.1) is 70.0 Å². The normalized spacial score (nSPS) is 43.1. The molecule has 18 heteroatoms. The van der Waals surface area contributed by atoms with E-state index in [9.17, 15) is 54.9 Å². The summed E-state index contributed by atoms with van der Waals surface area (Å²) in [7, 11) is 0. The van der Waals surface area contributed by atoms with E-state index >= 15 is 0 Å². The lowest BCUT2D eigenvalue weighted by Crippen LogP contribution is -2.64. The van der Waals surface area contributed by atoms with Crippen LogP contribution in [-0.2, 0) is 42.8 Å². The zero-order valence-corrected chi connectivity index (χ0v) is 49.5. The van der Waals surface area contributed by atoms with Gasteiger partial charge in [0, 0.05) is 25.3 Å². The highest BCUT2D eigenvalue weighted by Gasteiger charge is 2.64. The van der Waals surface area contributed by atoms with Crippen molar-refractivity contribution in [2.45, 2.75) is 256 Å². The van der Waals surface area contributed by atoms with E-state index in [-0.39, 0.29) is 66.4 Å². The Morgan fingerprint density at radius 3 is 2.22 bits per heavy atom. The van der Waals surface area contributed by atoms with Gasteiger partial charge in [-0.15, -0.1) is 0 Å². The number of aliphatic hydroxyl groups is 6. The Kier molecular flexibility index (Phi) is 21.1. The van der Waals surface area contributed by atoms with Crippen LogP contribution in [-0.4, -0.2) is 158 Å². The summed E-state index contributed by atoms with van der Waals surface area (Å²) < 4.78 is 37.8. The smallest absolute Gasteiger partial charge is 0.338 e. The summed E-state index contributed by atoms with van der Waals surface area (Å²) in [6.07, 6.45) is -2.86. The molecule has 0 radical (unpaired) electrons. The highest BCUT2D eigenvalue weighted by Crippen LogP contribution is 2.68. The van der Waals surface area contributed by atoms with Gasteiger partial charge in [0.2, 0.25) is 5.91 Å². The van der Waals surface area contributed by atoms with Crippen molar-refractivity contribution < 1.29 is 83.3 Å². The maximum Gasteiger partial charge on any atom is 0.338 e. The average molecular weight is 1150 g/mol. The number of fused-ring (bicyclic) bond motifs is 5. The standard InChI is InChI=1S/C64H99NO17/c1-34-25-26-63(5)41(28-34)20-21-42-44-23-22-43(64(44,6)50(68)32-45(42)63)35(2)19-24-51(69)65-27-13-18-46(67)40-29-36(3)56(82-61-55(73)54(72)52(70)37(4)77-61)47(31-40)79-62-58(81-60(76)39-16-11-8-12-17-39)57(53(71)49(33-66)80-62)78-48(59(74)75)30-38-14-9-7-10-15-38/h8,11-12,16-17,34-38,40-45,47-50,52-58,61-62,66,68,70-73H,7,9-10,13-15,18-33H2,1-6H3,(H,65,69)(H,74,75)/t34-,35-,36-,37+,40?,41-,42+,43-,44+,45+,47-,48+,49+,50+,52+,53+,54?,55+,56-,57?,58?,61?,62-,63+,64-/m1/s1. The minimum atomic E-state index is -1.70. The third-order valence-electron chi connectivity index (χ3n) is 22.4. The van der Waals surface area contributed by atoms with E-state index in [1.807, 2.05) is 6.92 Å². The van der Waals surface area contributed by atoms with Gasteiger partial charge in [0.1, 0.15) is 42.4 Å².